The first-order valence-electron chi connectivity index (χ1n) is 5.37. The zero-order chi connectivity index (χ0) is 12.4. The average Bonchev–Trinajstić information content (AvgIpc) is 3.13. The van der Waals surface area contributed by atoms with Crippen LogP contribution in [0.2, 0.25) is 10.0 Å². The van der Waals surface area contributed by atoms with Crippen LogP contribution in [0.25, 0.3) is 0 Å². The molecule has 0 spiro atoms. The molecule has 0 aliphatic heterocycles. The summed E-state index contributed by atoms with van der Waals surface area (Å²) in [6.45, 7) is 1.92. The highest BCUT2D eigenvalue weighted by Gasteiger charge is 2.24. The molecule has 1 aliphatic carbocycles. The minimum Gasteiger partial charge on any atom is -0.267 e. The van der Waals surface area contributed by atoms with E-state index in [1.54, 1.807) is 12.1 Å². The summed E-state index contributed by atoms with van der Waals surface area (Å²) >= 11 is 11.6. The second-order valence-corrected chi connectivity index (χ2v) is 4.91. The maximum atomic E-state index is 11.7. The van der Waals surface area contributed by atoms with Crippen LogP contribution in [0, 0.1) is 5.92 Å². The van der Waals surface area contributed by atoms with Gasteiger partial charge in [-0.15, -0.1) is 0 Å². The van der Waals surface area contributed by atoms with Crippen molar-refractivity contribution in [2.24, 2.45) is 11.0 Å². The molecule has 90 valence electrons. The number of carbonyl (C=O) groups excluding carboxylic acids is 1. The van der Waals surface area contributed by atoms with E-state index in [-0.39, 0.29) is 5.91 Å². The van der Waals surface area contributed by atoms with Crippen LogP contribution in [0.15, 0.2) is 23.3 Å². The summed E-state index contributed by atoms with van der Waals surface area (Å²) in [6, 6.07) is 4.74. The van der Waals surface area contributed by atoms with Gasteiger partial charge in [-0.2, -0.15) is 5.10 Å². The van der Waals surface area contributed by atoms with Gasteiger partial charge in [-0.3, -0.25) is 4.79 Å². The van der Waals surface area contributed by atoms with Gasteiger partial charge in [0.25, 0.3) is 5.91 Å². The summed E-state index contributed by atoms with van der Waals surface area (Å²) < 4.78 is 0. The number of amides is 1. The van der Waals surface area contributed by atoms with E-state index in [1.807, 2.05) is 6.92 Å². The zero-order valence-electron chi connectivity index (χ0n) is 9.34. The molecule has 1 fully saturated rings. The second kappa shape index (κ2) is 5.07. The van der Waals surface area contributed by atoms with E-state index in [4.69, 9.17) is 23.2 Å². The highest BCUT2D eigenvalue weighted by molar-refractivity contribution is 6.42. The zero-order valence-corrected chi connectivity index (χ0v) is 10.8. The number of nitrogens with one attached hydrogen (secondary N) is 1. The third kappa shape index (κ3) is 3.20. The third-order valence-corrected chi connectivity index (χ3v) is 3.42. The van der Waals surface area contributed by atoms with Crippen molar-refractivity contribution < 1.29 is 4.79 Å². The molecular formula is C12H12Cl2N2O. The Balaban J connectivity index is 2.03. The van der Waals surface area contributed by atoms with E-state index < -0.39 is 0 Å². The number of carbonyl (C=O) groups is 1. The molecule has 17 heavy (non-hydrogen) atoms. The molecule has 1 N–H and O–H groups in total. The van der Waals surface area contributed by atoms with E-state index >= 15 is 0 Å². The molecule has 0 unspecified atom stereocenters. The van der Waals surface area contributed by atoms with Crippen molar-refractivity contribution in [1.29, 1.82) is 0 Å². The summed E-state index contributed by atoms with van der Waals surface area (Å²) in [4.78, 5) is 11.7. The van der Waals surface area contributed by atoms with Crippen molar-refractivity contribution in [2.75, 3.05) is 0 Å². The number of rotatable bonds is 3. The lowest BCUT2D eigenvalue weighted by molar-refractivity contribution is 0.0954. The quantitative estimate of drug-likeness (QED) is 0.663. The predicted molar refractivity (Wildman–Crippen MR) is 69.8 cm³/mol. The van der Waals surface area contributed by atoms with Crippen LogP contribution < -0.4 is 5.43 Å². The molecule has 1 aromatic carbocycles. The summed E-state index contributed by atoms with van der Waals surface area (Å²) in [5.74, 6) is 0.271. The number of halogens is 2. The monoisotopic (exact) mass is 270 g/mol. The Labute approximate surface area is 110 Å². The lowest BCUT2D eigenvalue weighted by Gasteiger charge is -2.03. The van der Waals surface area contributed by atoms with E-state index in [2.05, 4.69) is 10.5 Å². The molecule has 0 saturated heterocycles. The Morgan fingerprint density at radius 1 is 1.35 bits per heavy atom. The van der Waals surface area contributed by atoms with Crippen LogP contribution in [-0.4, -0.2) is 11.6 Å². The summed E-state index contributed by atoms with van der Waals surface area (Å²) in [5, 5.41) is 4.85. The number of nitrogens with zero attached hydrogens (tertiary/aromatic N) is 1. The second-order valence-electron chi connectivity index (χ2n) is 4.10. The number of hydrogen-bond acceptors (Lipinski definition) is 2. The molecule has 0 aromatic heterocycles. The molecule has 2 rings (SSSR count). The predicted octanol–water partition coefficient (Wildman–Crippen LogP) is 3.51. The minimum atomic E-state index is -0.274. The smallest absolute Gasteiger partial charge is 0.267 e. The Morgan fingerprint density at radius 3 is 2.65 bits per heavy atom. The van der Waals surface area contributed by atoms with Crippen LogP contribution in [0.3, 0.4) is 0 Å². The molecule has 3 nitrogen and oxygen atoms in total. The summed E-state index contributed by atoms with van der Waals surface area (Å²) in [7, 11) is 0. The normalized spacial score (nSPS) is 15.8. The topological polar surface area (TPSA) is 41.5 Å². The standard InChI is InChI=1S/C12H12Cl2N2O/c1-7(8-2-3-8)15-16-12(17)9-4-5-10(13)11(14)6-9/h4-6,8H,2-3H2,1H3,(H,16,17). The molecule has 1 amide bonds. The van der Waals surface area contributed by atoms with Gasteiger partial charge in [0.2, 0.25) is 0 Å². The summed E-state index contributed by atoms with van der Waals surface area (Å²) in [6.07, 6.45) is 2.33. The van der Waals surface area contributed by atoms with Crippen molar-refractivity contribution in [3.05, 3.63) is 33.8 Å². The maximum Gasteiger partial charge on any atom is 0.271 e. The average molecular weight is 271 g/mol. The molecule has 0 atom stereocenters. The SMILES string of the molecule is CC(=NNC(=O)c1ccc(Cl)c(Cl)c1)C1CC1. The van der Waals surface area contributed by atoms with Gasteiger partial charge in [0.1, 0.15) is 0 Å². The van der Waals surface area contributed by atoms with Gasteiger partial charge in [-0.25, -0.2) is 5.43 Å². The first kappa shape index (κ1) is 12.4. The fourth-order valence-electron chi connectivity index (χ4n) is 1.43. The third-order valence-electron chi connectivity index (χ3n) is 2.68. The highest BCUT2D eigenvalue weighted by atomic mass is 35.5. The number of hydrazone groups is 1. The van der Waals surface area contributed by atoms with Crippen LogP contribution >= 0.6 is 23.2 Å². The Bertz CT molecular complexity index is 481. The fraction of sp³-hybridized carbons (Fsp3) is 0.333. The molecule has 0 bridgehead atoms. The van der Waals surface area contributed by atoms with Gasteiger partial charge in [0.05, 0.1) is 10.0 Å². The maximum absolute atomic E-state index is 11.7. The van der Waals surface area contributed by atoms with Crippen LogP contribution in [0.4, 0.5) is 0 Å². The number of benzene rings is 1. The first-order valence-corrected chi connectivity index (χ1v) is 6.13. The van der Waals surface area contributed by atoms with Gasteiger partial charge < -0.3 is 0 Å². The lowest BCUT2D eigenvalue weighted by atomic mass is 10.2. The van der Waals surface area contributed by atoms with Gasteiger partial charge in [-0.05, 0) is 43.9 Å². The molecule has 1 aromatic rings. The van der Waals surface area contributed by atoms with E-state index in [0.717, 1.165) is 18.6 Å². The van der Waals surface area contributed by atoms with Gasteiger partial charge in [0.15, 0.2) is 0 Å². The van der Waals surface area contributed by atoms with Crippen molar-refractivity contribution in [3.63, 3.8) is 0 Å². The molecule has 0 heterocycles. The highest BCUT2D eigenvalue weighted by Crippen LogP contribution is 2.30. The van der Waals surface area contributed by atoms with Crippen LogP contribution in [0.1, 0.15) is 30.1 Å². The lowest BCUT2D eigenvalue weighted by Crippen LogP contribution is -2.19. The van der Waals surface area contributed by atoms with Crippen molar-refractivity contribution in [1.82, 2.24) is 5.43 Å². The van der Waals surface area contributed by atoms with Crippen LogP contribution in [0.5, 0.6) is 0 Å². The van der Waals surface area contributed by atoms with E-state index in [0.29, 0.717) is 21.5 Å². The summed E-state index contributed by atoms with van der Waals surface area (Å²) in [5.41, 5.74) is 3.94. The van der Waals surface area contributed by atoms with Crippen molar-refractivity contribution in [3.8, 4) is 0 Å². The molecular weight excluding hydrogens is 259 g/mol. The Kier molecular flexibility index (Phi) is 3.69. The molecule has 5 heteroatoms. The largest absolute Gasteiger partial charge is 0.271 e. The Hall–Kier alpha value is -1.06. The van der Waals surface area contributed by atoms with Crippen molar-refractivity contribution >= 4 is 34.8 Å². The van der Waals surface area contributed by atoms with Gasteiger partial charge in [-0.1, -0.05) is 23.2 Å². The van der Waals surface area contributed by atoms with Gasteiger partial charge in [0, 0.05) is 11.3 Å². The van der Waals surface area contributed by atoms with E-state index in [1.165, 1.54) is 6.07 Å². The molecule has 1 saturated carbocycles. The fourth-order valence-corrected chi connectivity index (χ4v) is 1.73. The molecule has 1 aliphatic rings. The van der Waals surface area contributed by atoms with Crippen LogP contribution in [-0.2, 0) is 0 Å². The minimum absolute atomic E-state index is 0.274. The van der Waals surface area contributed by atoms with E-state index in [9.17, 15) is 4.79 Å². The van der Waals surface area contributed by atoms with Gasteiger partial charge >= 0.3 is 0 Å². The Morgan fingerprint density at radius 2 is 2.06 bits per heavy atom. The number of hydrogen-bond donors (Lipinski definition) is 1. The molecule has 0 radical (unpaired) electrons. The van der Waals surface area contributed by atoms with Crippen molar-refractivity contribution in [2.45, 2.75) is 19.8 Å². The first-order chi connectivity index (χ1) is 8.08.